The van der Waals surface area contributed by atoms with Crippen molar-refractivity contribution in [2.24, 2.45) is 5.73 Å². The third-order valence-corrected chi connectivity index (χ3v) is 3.43. The summed E-state index contributed by atoms with van der Waals surface area (Å²) in [6.45, 7) is 2.04. The molecule has 0 aliphatic carbocycles. The van der Waals surface area contributed by atoms with Crippen molar-refractivity contribution in [1.82, 2.24) is 4.90 Å². The van der Waals surface area contributed by atoms with Crippen molar-refractivity contribution in [2.45, 2.75) is 19.1 Å². The molecule has 1 atom stereocenters. The normalized spacial score (nSPS) is 19.9. The molecule has 110 valence electrons. The van der Waals surface area contributed by atoms with Crippen LogP contribution in [0.5, 0.6) is 0 Å². The summed E-state index contributed by atoms with van der Waals surface area (Å²) < 4.78 is 23.9. The van der Waals surface area contributed by atoms with Crippen LogP contribution in [0, 0.1) is 5.82 Å². The third-order valence-electron chi connectivity index (χ3n) is 3.43. The van der Waals surface area contributed by atoms with E-state index in [-0.39, 0.29) is 18.4 Å². The summed E-state index contributed by atoms with van der Waals surface area (Å²) in [5.74, 6) is -0.655. The molecule has 1 aliphatic rings. The van der Waals surface area contributed by atoms with Crippen LogP contribution in [0.25, 0.3) is 0 Å². The molecule has 1 aromatic carbocycles. The van der Waals surface area contributed by atoms with E-state index in [4.69, 9.17) is 15.2 Å². The van der Waals surface area contributed by atoms with Crippen LogP contribution in [0.2, 0.25) is 0 Å². The zero-order valence-corrected chi connectivity index (χ0v) is 11.5. The molecular weight excluding hydrogens is 263 g/mol. The maximum Gasteiger partial charge on any atom is 0.325 e. The Morgan fingerprint density at radius 3 is 3.10 bits per heavy atom. The van der Waals surface area contributed by atoms with E-state index in [2.05, 4.69) is 0 Å². The van der Waals surface area contributed by atoms with Crippen molar-refractivity contribution in [1.29, 1.82) is 0 Å². The fourth-order valence-electron chi connectivity index (χ4n) is 2.28. The molecule has 0 bridgehead atoms. The van der Waals surface area contributed by atoms with Crippen molar-refractivity contribution < 1.29 is 18.7 Å². The molecule has 1 heterocycles. The smallest absolute Gasteiger partial charge is 0.325 e. The lowest BCUT2D eigenvalue weighted by Crippen LogP contribution is -2.49. The van der Waals surface area contributed by atoms with Crippen molar-refractivity contribution in [2.75, 3.05) is 26.9 Å². The highest BCUT2D eigenvalue weighted by Crippen LogP contribution is 2.17. The highest BCUT2D eigenvalue weighted by molar-refractivity contribution is 5.75. The summed E-state index contributed by atoms with van der Waals surface area (Å²) in [5, 5.41) is 0. The Hall–Kier alpha value is -1.50. The van der Waals surface area contributed by atoms with Gasteiger partial charge in [0.25, 0.3) is 0 Å². The maximum absolute atomic E-state index is 13.9. The first-order chi connectivity index (χ1) is 9.65. The standard InChI is InChI=1S/C14H19FN2O3/c1-19-14(18)13-9-20-5-4-17(13)8-11-6-10(7-16)2-3-12(11)15/h2-3,6,13H,4-5,7-9,16H2,1H3. The first-order valence-corrected chi connectivity index (χ1v) is 6.52. The molecule has 6 heteroatoms. The van der Waals surface area contributed by atoms with Gasteiger partial charge in [0.1, 0.15) is 11.9 Å². The fourth-order valence-corrected chi connectivity index (χ4v) is 2.28. The van der Waals surface area contributed by atoms with Crippen molar-refractivity contribution in [3.05, 3.63) is 35.1 Å². The summed E-state index contributed by atoms with van der Waals surface area (Å²) in [6, 6.07) is 4.31. The second-order valence-electron chi connectivity index (χ2n) is 4.71. The Labute approximate surface area is 117 Å². The zero-order valence-electron chi connectivity index (χ0n) is 11.5. The quantitative estimate of drug-likeness (QED) is 0.822. The first kappa shape index (κ1) is 14.9. The lowest BCUT2D eigenvalue weighted by molar-refractivity contribution is -0.153. The molecule has 0 spiro atoms. The van der Waals surface area contributed by atoms with Gasteiger partial charge >= 0.3 is 5.97 Å². The van der Waals surface area contributed by atoms with E-state index in [0.29, 0.717) is 31.8 Å². The minimum Gasteiger partial charge on any atom is -0.468 e. The molecular formula is C14H19FN2O3. The van der Waals surface area contributed by atoms with Crippen LogP contribution in [0.1, 0.15) is 11.1 Å². The van der Waals surface area contributed by atoms with Gasteiger partial charge in [0.05, 0.1) is 20.3 Å². The second-order valence-corrected chi connectivity index (χ2v) is 4.71. The van der Waals surface area contributed by atoms with E-state index in [9.17, 15) is 9.18 Å². The van der Waals surface area contributed by atoms with Gasteiger partial charge in [0.15, 0.2) is 0 Å². The molecule has 0 saturated carbocycles. The van der Waals surface area contributed by atoms with Gasteiger partial charge in [-0.25, -0.2) is 4.39 Å². The number of rotatable bonds is 4. The molecule has 2 N–H and O–H groups in total. The summed E-state index contributed by atoms with van der Waals surface area (Å²) in [6.07, 6.45) is 0. The topological polar surface area (TPSA) is 64.8 Å². The van der Waals surface area contributed by atoms with Crippen LogP contribution in [0.4, 0.5) is 4.39 Å². The van der Waals surface area contributed by atoms with Crippen molar-refractivity contribution in [3.8, 4) is 0 Å². The van der Waals surface area contributed by atoms with Gasteiger partial charge in [0, 0.05) is 25.2 Å². The Kier molecular flexibility index (Phi) is 5.05. The minimum atomic E-state index is -0.491. The SMILES string of the molecule is COC(=O)C1COCCN1Cc1cc(CN)ccc1F. The largest absolute Gasteiger partial charge is 0.468 e. The molecule has 5 nitrogen and oxygen atoms in total. The van der Waals surface area contributed by atoms with Crippen LogP contribution in [-0.2, 0) is 27.4 Å². The number of carbonyl (C=O) groups excluding carboxylic acids is 1. The lowest BCUT2D eigenvalue weighted by atomic mass is 10.1. The van der Waals surface area contributed by atoms with Crippen molar-refractivity contribution in [3.63, 3.8) is 0 Å². The number of methoxy groups -OCH3 is 1. The monoisotopic (exact) mass is 282 g/mol. The van der Waals surface area contributed by atoms with E-state index in [0.717, 1.165) is 5.56 Å². The molecule has 0 radical (unpaired) electrons. The number of nitrogens with two attached hydrogens (primary N) is 1. The molecule has 1 saturated heterocycles. The fraction of sp³-hybridized carbons (Fsp3) is 0.500. The molecule has 0 aromatic heterocycles. The lowest BCUT2D eigenvalue weighted by Gasteiger charge is -2.33. The number of nitrogens with zero attached hydrogens (tertiary/aromatic N) is 1. The number of ether oxygens (including phenoxy) is 2. The predicted molar refractivity (Wildman–Crippen MR) is 71.3 cm³/mol. The summed E-state index contributed by atoms with van der Waals surface area (Å²) in [4.78, 5) is 13.6. The van der Waals surface area contributed by atoms with Gasteiger partial charge in [-0.2, -0.15) is 0 Å². The number of esters is 1. The van der Waals surface area contributed by atoms with Crippen molar-refractivity contribution >= 4 is 5.97 Å². The van der Waals surface area contributed by atoms with E-state index in [1.54, 1.807) is 12.1 Å². The highest BCUT2D eigenvalue weighted by Gasteiger charge is 2.30. The van der Waals surface area contributed by atoms with Crippen LogP contribution in [0.15, 0.2) is 18.2 Å². The molecule has 1 aromatic rings. The molecule has 0 amide bonds. The van der Waals surface area contributed by atoms with Gasteiger partial charge in [-0.15, -0.1) is 0 Å². The minimum absolute atomic E-state index is 0.269. The molecule has 2 rings (SSSR count). The molecule has 1 aliphatic heterocycles. The van der Waals surface area contributed by atoms with Gasteiger partial charge in [-0.05, 0) is 11.6 Å². The van der Waals surface area contributed by atoms with Crippen LogP contribution in [0.3, 0.4) is 0 Å². The molecule has 1 fully saturated rings. The zero-order chi connectivity index (χ0) is 14.5. The Morgan fingerprint density at radius 1 is 1.60 bits per heavy atom. The number of hydrogen-bond donors (Lipinski definition) is 1. The number of carbonyl (C=O) groups is 1. The van der Waals surface area contributed by atoms with Gasteiger partial charge in [-0.3, -0.25) is 9.69 Å². The summed E-state index contributed by atoms with van der Waals surface area (Å²) >= 11 is 0. The molecule has 1 unspecified atom stereocenters. The number of hydrogen-bond acceptors (Lipinski definition) is 5. The van der Waals surface area contributed by atoms with Gasteiger partial charge < -0.3 is 15.2 Å². The molecule has 20 heavy (non-hydrogen) atoms. The number of benzene rings is 1. The van der Waals surface area contributed by atoms with Gasteiger partial charge in [-0.1, -0.05) is 12.1 Å². The average Bonchev–Trinajstić information content (AvgIpc) is 2.49. The summed E-state index contributed by atoms with van der Waals surface area (Å²) in [5.41, 5.74) is 6.97. The average molecular weight is 282 g/mol. The van der Waals surface area contributed by atoms with E-state index >= 15 is 0 Å². The van der Waals surface area contributed by atoms with E-state index < -0.39 is 6.04 Å². The third kappa shape index (κ3) is 3.33. The van der Waals surface area contributed by atoms with E-state index in [1.165, 1.54) is 13.2 Å². The Bertz CT molecular complexity index is 481. The van der Waals surface area contributed by atoms with E-state index in [1.807, 2.05) is 4.90 Å². The second kappa shape index (κ2) is 6.78. The van der Waals surface area contributed by atoms with Crippen LogP contribution >= 0.6 is 0 Å². The summed E-state index contributed by atoms with van der Waals surface area (Å²) in [7, 11) is 1.34. The number of morpholine rings is 1. The first-order valence-electron chi connectivity index (χ1n) is 6.52. The van der Waals surface area contributed by atoms with Crippen LogP contribution < -0.4 is 5.73 Å². The maximum atomic E-state index is 13.9. The number of halogens is 1. The predicted octanol–water partition coefficient (Wildman–Crippen LogP) is 0.658. The Balaban J connectivity index is 2.16. The van der Waals surface area contributed by atoms with Gasteiger partial charge in [0.2, 0.25) is 0 Å². The van der Waals surface area contributed by atoms with Crippen LogP contribution in [-0.4, -0.2) is 43.8 Å². The Morgan fingerprint density at radius 2 is 2.40 bits per heavy atom. The highest BCUT2D eigenvalue weighted by atomic mass is 19.1.